The Bertz CT molecular complexity index is 802. The molecule has 1 atom stereocenters. The number of anilines is 1. The van der Waals surface area contributed by atoms with Gasteiger partial charge in [0.2, 0.25) is 5.91 Å². The molecule has 1 amide bonds. The molecule has 1 aliphatic carbocycles. The van der Waals surface area contributed by atoms with Crippen LogP contribution in [0.1, 0.15) is 39.0 Å². The van der Waals surface area contributed by atoms with Gasteiger partial charge in [0.05, 0.1) is 6.07 Å². The third-order valence-corrected chi connectivity index (χ3v) is 5.38. The Balaban J connectivity index is 1.75. The number of fused-ring (bicyclic) bond motifs is 1. The third kappa shape index (κ3) is 3.61. The summed E-state index contributed by atoms with van der Waals surface area (Å²) in [7, 11) is 1.92. The summed E-state index contributed by atoms with van der Waals surface area (Å²) in [6, 6.07) is 16.4. The molecule has 130 valence electrons. The molecule has 25 heavy (non-hydrogen) atoms. The summed E-state index contributed by atoms with van der Waals surface area (Å²) in [5, 5.41) is 14.9. The maximum Gasteiger partial charge on any atom is 0.243 e. The zero-order chi connectivity index (χ0) is 17.9. The molecule has 2 aromatic carbocycles. The van der Waals surface area contributed by atoms with E-state index in [1.807, 2.05) is 37.1 Å². The second-order valence-corrected chi connectivity index (χ2v) is 7.06. The van der Waals surface area contributed by atoms with E-state index in [0.717, 1.165) is 43.2 Å². The van der Waals surface area contributed by atoms with Gasteiger partial charge in [0.1, 0.15) is 11.6 Å². The quantitative estimate of drug-likeness (QED) is 0.918. The normalized spacial score (nSPS) is 17.5. The Hall–Kier alpha value is -2.54. The van der Waals surface area contributed by atoms with Gasteiger partial charge < -0.3 is 10.2 Å². The van der Waals surface area contributed by atoms with Crippen molar-refractivity contribution in [3.05, 3.63) is 42.5 Å². The number of hydrogen-bond donors (Lipinski definition) is 1. The molecular weight excluding hydrogens is 310 g/mol. The number of carbonyl (C=O) groups excluding carboxylic acids is 1. The summed E-state index contributed by atoms with van der Waals surface area (Å²) in [5.41, 5.74) is 0.310. The van der Waals surface area contributed by atoms with Gasteiger partial charge >= 0.3 is 0 Å². The molecule has 1 fully saturated rings. The first-order valence-electron chi connectivity index (χ1n) is 9.00. The van der Waals surface area contributed by atoms with Crippen LogP contribution in [-0.4, -0.2) is 24.5 Å². The van der Waals surface area contributed by atoms with Crippen LogP contribution in [0.2, 0.25) is 0 Å². The number of hydrogen-bond acceptors (Lipinski definition) is 3. The fraction of sp³-hybridized carbons (Fsp3) is 0.429. The lowest BCUT2D eigenvalue weighted by molar-refractivity contribution is -0.123. The van der Waals surface area contributed by atoms with Crippen LogP contribution in [0.15, 0.2) is 42.5 Å². The fourth-order valence-electron chi connectivity index (χ4n) is 3.56. The highest BCUT2D eigenvalue weighted by Crippen LogP contribution is 2.28. The molecule has 0 spiro atoms. The van der Waals surface area contributed by atoms with Crippen molar-refractivity contribution in [1.29, 1.82) is 5.26 Å². The van der Waals surface area contributed by atoms with E-state index >= 15 is 0 Å². The molecule has 0 bridgehead atoms. The Morgan fingerprint density at radius 3 is 2.52 bits per heavy atom. The molecule has 4 nitrogen and oxygen atoms in total. The lowest BCUT2D eigenvalue weighted by Crippen LogP contribution is -2.54. The second-order valence-electron chi connectivity index (χ2n) is 7.06. The van der Waals surface area contributed by atoms with E-state index < -0.39 is 5.54 Å². The molecule has 0 unspecified atom stereocenters. The Morgan fingerprint density at radius 2 is 1.84 bits per heavy atom. The summed E-state index contributed by atoms with van der Waals surface area (Å²) in [5.74, 6) is -0.0842. The Kier molecular flexibility index (Phi) is 4.94. The van der Waals surface area contributed by atoms with Gasteiger partial charge in [0.25, 0.3) is 0 Å². The van der Waals surface area contributed by atoms with E-state index in [1.54, 1.807) is 0 Å². The lowest BCUT2D eigenvalue weighted by atomic mass is 9.82. The summed E-state index contributed by atoms with van der Waals surface area (Å²) in [6.45, 7) is 1.89. The van der Waals surface area contributed by atoms with Crippen LogP contribution < -0.4 is 10.2 Å². The van der Waals surface area contributed by atoms with E-state index in [9.17, 15) is 10.1 Å². The maximum absolute atomic E-state index is 12.7. The summed E-state index contributed by atoms with van der Waals surface area (Å²) in [6.07, 6.45) is 4.65. The smallest absolute Gasteiger partial charge is 0.243 e. The number of nitrogens with zero attached hydrogens (tertiary/aromatic N) is 2. The first-order valence-corrected chi connectivity index (χ1v) is 9.00. The molecule has 0 aliphatic heterocycles. The van der Waals surface area contributed by atoms with Crippen LogP contribution in [0.5, 0.6) is 0 Å². The number of benzene rings is 2. The van der Waals surface area contributed by atoms with Crippen molar-refractivity contribution < 1.29 is 4.79 Å². The predicted octanol–water partition coefficient (Wildman–Crippen LogP) is 4.01. The highest BCUT2D eigenvalue weighted by Gasteiger charge is 2.35. The van der Waals surface area contributed by atoms with Crippen LogP contribution in [-0.2, 0) is 4.79 Å². The summed E-state index contributed by atoms with van der Waals surface area (Å²) < 4.78 is 0. The van der Waals surface area contributed by atoms with Crippen molar-refractivity contribution in [2.75, 3.05) is 11.9 Å². The number of amides is 1. The number of carbonyl (C=O) groups is 1. The minimum Gasteiger partial charge on any atom is -0.363 e. The Morgan fingerprint density at radius 1 is 1.16 bits per heavy atom. The summed E-state index contributed by atoms with van der Waals surface area (Å²) >= 11 is 0. The minimum atomic E-state index is -0.687. The molecule has 1 saturated carbocycles. The van der Waals surface area contributed by atoms with Gasteiger partial charge in [-0.2, -0.15) is 5.26 Å². The van der Waals surface area contributed by atoms with Crippen molar-refractivity contribution in [2.45, 2.75) is 50.6 Å². The molecule has 3 rings (SSSR count). The highest BCUT2D eigenvalue weighted by molar-refractivity contribution is 5.89. The van der Waals surface area contributed by atoms with E-state index in [2.05, 4.69) is 35.7 Å². The molecule has 0 saturated heterocycles. The van der Waals surface area contributed by atoms with Gasteiger partial charge in [-0.05, 0) is 42.7 Å². The first kappa shape index (κ1) is 17.3. The van der Waals surface area contributed by atoms with Crippen molar-refractivity contribution in [3.63, 3.8) is 0 Å². The molecule has 1 N–H and O–H groups in total. The number of nitrogens with one attached hydrogen (secondary N) is 1. The van der Waals surface area contributed by atoms with E-state index in [-0.39, 0.29) is 11.9 Å². The van der Waals surface area contributed by atoms with Gasteiger partial charge in [-0.3, -0.25) is 4.79 Å². The van der Waals surface area contributed by atoms with E-state index in [0.29, 0.717) is 0 Å². The molecule has 4 heteroatoms. The maximum atomic E-state index is 12.7. The van der Waals surface area contributed by atoms with Gasteiger partial charge in [0, 0.05) is 12.7 Å². The van der Waals surface area contributed by atoms with Gasteiger partial charge in [0.15, 0.2) is 0 Å². The Labute approximate surface area is 149 Å². The third-order valence-electron chi connectivity index (χ3n) is 5.38. The zero-order valence-corrected chi connectivity index (χ0v) is 15.0. The lowest BCUT2D eigenvalue weighted by Gasteiger charge is -2.34. The average Bonchev–Trinajstić information content (AvgIpc) is 2.67. The fourth-order valence-corrected chi connectivity index (χ4v) is 3.56. The minimum absolute atomic E-state index is 0.0842. The number of likely N-dealkylation sites (N-methyl/N-ethyl adjacent to an activating group) is 1. The van der Waals surface area contributed by atoms with Crippen LogP contribution >= 0.6 is 0 Å². The topological polar surface area (TPSA) is 56.1 Å². The van der Waals surface area contributed by atoms with Crippen molar-refractivity contribution in [2.24, 2.45) is 0 Å². The summed E-state index contributed by atoms with van der Waals surface area (Å²) in [4.78, 5) is 14.7. The molecule has 0 radical (unpaired) electrons. The van der Waals surface area contributed by atoms with E-state index in [1.165, 1.54) is 5.39 Å². The number of nitriles is 1. The van der Waals surface area contributed by atoms with Gasteiger partial charge in [-0.25, -0.2) is 0 Å². The molecule has 0 aromatic heterocycles. The predicted molar refractivity (Wildman–Crippen MR) is 101 cm³/mol. The van der Waals surface area contributed by atoms with Gasteiger partial charge in [-0.15, -0.1) is 0 Å². The van der Waals surface area contributed by atoms with Crippen LogP contribution in [0.3, 0.4) is 0 Å². The molecule has 2 aromatic rings. The van der Waals surface area contributed by atoms with Crippen LogP contribution in [0.25, 0.3) is 10.8 Å². The van der Waals surface area contributed by atoms with Crippen LogP contribution in [0, 0.1) is 11.3 Å². The average molecular weight is 335 g/mol. The molecule has 0 heterocycles. The largest absolute Gasteiger partial charge is 0.363 e. The zero-order valence-electron chi connectivity index (χ0n) is 15.0. The SMILES string of the molecule is C[C@@H](C(=O)NC1(C#N)CCCCC1)N(C)c1ccc2ccccc2c1. The first-order chi connectivity index (χ1) is 12.0. The van der Waals surface area contributed by atoms with E-state index in [4.69, 9.17) is 0 Å². The molecular formula is C21H25N3O. The highest BCUT2D eigenvalue weighted by atomic mass is 16.2. The standard InChI is InChI=1S/C21H25N3O/c1-16(20(25)23-21(15-22)12-6-3-7-13-21)24(2)19-11-10-17-8-4-5-9-18(17)14-19/h4-5,8-11,14,16H,3,6-7,12-13H2,1-2H3,(H,23,25)/t16-/m0/s1. The van der Waals surface area contributed by atoms with Crippen molar-refractivity contribution in [1.82, 2.24) is 5.32 Å². The van der Waals surface area contributed by atoms with Crippen LogP contribution in [0.4, 0.5) is 5.69 Å². The van der Waals surface area contributed by atoms with Crippen molar-refractivity contribution in [3.8, 4) is 6.07 Å². The monoisotopic (exact) mass is 335 g/mol. The number of rotatable bonds is 4. The molecule has 1 aliphatic rings. The second kappa shape index (κ2) is 7.14. The van der Waals surface area contributed by atoms with Crippen molar-refractivity contribution >= 4 is 22.4 Å². The van der Waals surface area contributed by atoms with Gasteiger partial charge in [-0.1, -0.05) is 49.6 Å².